The molecule has 0 aromatic heterocycles. The van der Waals surface area contributed by atoms with Gasteiger partial charge in [0, 0.05) is 26.7 Å². The van der Waals surface area contributed by atoms with Crippen LogP contribution in [0.15, 0.2) is 0 Å². The maximum atomic E-state index is 11.9. The first kappa shape index (κ1) is 14.2. The van der Waals surface area contributed by atoms with E-state index in [0.29, 0.717) is 32.6 Å². The van der Waals surface area contributed by atoms with E-state index >= 15 is 0 Å². The van der Waals surface area contributed by atoms with E-state index in [1.165, 1.54) is 0 Å². The number of methoxy groups -OCH3 is 1. The van der Waals surface area contributed by atoms with Gasteiger partial charge in [-0.2, -0.15) is 0 Å². The van der Waals surface area contributed by atoms with Crippen molar-refractivity contribution in [1.29, 1.82) is 0 Å². The molecule has 2 heterocycles. The van der Waals surface area contributed by atoms with Crippen molar-refractivity contribution in [2.75, 3.05) is 26.9 Å². The number of carboxylic acid groups (broad SMARTS) is 1. The van der Waals surface area contributed by atoms with Gasteiger partial charge >= 0.3 is 5.97 Å². The molecular formula is C12H19NO6. The Morgan fingerprint density at radius 3 is 2.68 bits per heavy atom. The molecule has 0 saturated carbocycles. The third-order valence-corrected chi connectivity index (χ3v) is 3.67. The van der Waals surface area contributed by atoms with Gasteiger partial charge in [-0.25, -0.2) is 4.79 Å². The van der Waals surface area contributed by atoms with Crippen molar-refractivity contribution in [3.8, 4) is 0 Å². The van der Waals surface area contributed by atoms with Crippen LogP contribution >= 0.6 is 0 Å². The molecule has 2 N–H and O–H groups in total. The summed E-state index contributed by atoms with van der Waals surface area (Å²) < 4.78 is 15.9. The average Bonchev–Trinajstić information content (AvgIpc) is 3.06. The van der Waals surface area contributed by atoms with Gasteiger partial charge < -0.3 is 24.6 Å². The summed E-state index contributed by atoms with van der Waals surface area (Å²) in [7, 11) is 1.59. The Balaban J connectivity index is 1.80. The van der Waals surface area contributed by atoms with Gasteiger partial charge in [0.05, 0.1) is 6.61 Å². The lowest BCUT2D eigenvalue weighted by Crippen LogP contribution is -2.47. The lowest BCUT2D eigenvalue weighted by atomic mass is 10.0. The summed E-state index contributed by atoms with van der Waals surface area (Å²) in [5, 5.41) is 11.6. The Kier molecular flexibility index (Phi) is 4.38. The first-order valence-corrected chi connectivity index (χ1v) is 6.35. The van der Waals surface area contributed by atoms with Gasteiger partial charge in [0.15, 0.2) is 6.10 Å². The lowest BCUT2D eigenvalue weighted by molar-refractivity contribution is -0.152. The predicted octanol–water partition coefficient (Wildman–Crippen LogP) is -0.460. The SMILES string of the molecule is COC1(CNC(=O)C2CCC(C(=O)O)O2)CCOC1. The molecule has 1 amide bonds. The van der Waals surface area contributed by atoms with Gasteiger partial charge in [0.2, 0.25) is 5.91 Å². The Morgan fingerprint density at radius 1 is 1.42 bits per heavy atom. The van der Waals surface area contributed by atoms with Gasteiger partial charge in [0.1, 0.15) is 11.7 Å². The predicted molar refractivity (Wildman–Crippen MR) is 63.7 cm³/mol. The minimum Gasteiger partial charge on any atom is -0.479 e. The fourth-order valence-corrected chi connectivity index (χ4v) is 2.33. The molecule has 2 aliphatic heterocycles. The second kappa shape index (κ2) is 5.85. The number of amides is 1. The van der Waals surface area contributed by atoms with Crippen LogP contribution < -0.4 is 5.32 Å². The van der Waals surface area contributed by atoms with Crippen LogP contribution in [0.1, 0.15) is 19.3 Å². The Morgan fingerprint density at radius 2 is 2.16 bits per heavy atom. The van der Waals surface area contributed by atoms with Crippen LogP contribution in [0, 0.1) is 0 Å². The maximum Gasteiger partial charge on any atom is 0.332 e. The highest BCUT2D eigenvalue weighted by Gasteiger charge is 2.38. The highest BCUT2D eigenvalue weighted by molar-refractivity contribution is 5.82. The fraction of sp³-hybridized carbons (Fsp3) is 0.833. The van der Waals surface area contributed by atoms with Crippen molar-refractivity contribution in [3.05, 3.63) is 0 Å². The van der Waals surface area contributed by atoms with E-state index in [4.69, 9.17) is 19.3 Å². The van der Waals surface area contributed by atoms with Crippen LogP contribution in [0.2, 0.25) is 0 Å². The largest absolute Gasteiger partial charge is 0.479 e. The normalized spacial score (nSPS) is 34.4. The summed E-state index contributed by atoms with van der Waals surface area (Å²) in [6.45, 7) is 1.41. The van der Waals surface area contributed by atoms with E-state index in [0.717, 1.165) is 6.42 Å². The fourth-order valence-electron chi connectivity index (χ4n) is 2.33. The second-order valence-corrected chi connectivity index (χ2v) is 4.94. The number of rotatable bonds is 5. The van der Waals surface area contributed by atoms with Gasteiger partial charge in [-0.3, -0.25) is 4.79 Å². The van der Waals surface area contributed by atoms with E-state index in [9.17, 15) is 9.59 Å². The molecule has 2 aliphatic rings. The molecule has 3 atom stereocenters. The van der Waals surface area contributed by atoms with Gasteiger partial charge in [0.25, 0.3) is 0 Å². The van der Waals surface area contributed by atoms with Gasteiger partial charge in [-0.15, -0.1) is 0 Å². The first-order valence-electron chi connectivity index (χ1n) is 6.35. The highest BCUT2D eigenvalue weighted by Crippen LogP contribution is 2.23. The molecule has 2 saturated heterocycles. The molecule has 108 valence electrons. The Labute approximate surface area is 111 Å². The third-order valence-electron chi connectivity index (χ3n) is 3.67. The number of aliphatic carboxylic acids is 1. The van der Waals surface area contributed by atoms with Crippen molar-refractivity contribution in [1.82, 2.24) is 5.32 Å². The first-order chi connectivity index (χ1) is 9.06. The molecule has 0 radical (unpaired) electrons. The van der Waals surface area contributed by atoms with Gasteiger partial charge in [-0.1, -0.05) is 0 Å². The van der Waals surface area contributed by atoms with Crippen LogP contribution in [0.5, 0.6) is 0 Å². The van der Waals surface area contributed by atoms with E-state index in [1.54, 1.807) is 7.11 Å². The smallest absolute Gasteiger partial charge is 0.332 e. The van der Waals surface area contributed by atoms with Crippen LogP contribution in [-0.4, -0.2) is 61.7 Å². The summed E-state index contributed by atoms with van der Waals surface area (Å²) in [5.74, 6) is -1.31. The number of ether oxygens (including phenoxy) is 3. The van der Waals surface area contributed by atoms with Crippen molar-refractivity contribution in [2.45, 2.75) is 37.1 Å². The topological polar surface area (TPSA) is 94.1 Å². The Bertz CT molecular complexity index is 352. The zero-order valence-corrected chi connectivity index (χ0v) is 10.9. The van der Waals surface area contributed by atoms with Crippen LogP contribution in [-0.2, 0) is 23.8 Å². The van der Waals surface area contributed by atoms with E-state index in [-0.39, 0.29) is 5.91 Å². The summed E-state index contributed by atoms with van der Waals surface area (Å²) in [6.07, 6.45) is -0.0301. The Hall–Kier alpha value is -1.18. The summed E-state index contributed by atoms with van der Waals surface area (Å²) >= 11 is 0. The monoisotopic (exact) mass is 273 g/mol. The van der Waals surface area contributed by atoms with Gasteiger partial charge in [-0.05, 0) is 12.8 Å². The van der Waals surface area contributed by atoms with Crippen LogP contribution in [0.3, 0.4) is 0 Å². The summed E-state index contributed by atoms with van der Waals surface area (Å²) in [5.41, 5.74) is -0.472. The molecular weight excluding hydrogens is 254 g/mol. The number of carbonyl (C=O) groups excluding carboxylic acids is 1. The minimum atomic E-state index is -1.02. The van der Waals surface area contributed by atoms with Crippen molar-refractivity contribution < 1.29 is 28.9 Å². The van der Waals surface area contributed by atoms with Crippen molar-refractivity contribution >= 4 is 11.9 Å². The second-order valence-electron chi connectivity index (χ2n) is 4.94. The number of nitrogens with one attached hydrogen (secondary N) is 1. The van der Waals surface area contributed by atoms with E-state index < -0.39 is 23.8 Å². The van der Waals surface area contributed by atoms with Crippen molar-refractivity contribution in [3.63, 3.8) is 0 Å². The molecule has 0 aromatic rings. The molecule has 7 nitrogen and oxygen atoms in total. The maximum absolute atomic E-state index is 11.9. The summed E-state index contributed by atoms with van der Waals surface area (Å²) in [4.78, 5) is 22.6. The zero-order chi connectivity index (χ0) is 13.9. The molecule has 2 rings (SSSR count). The molecule has 19 heavy (non-hydrogen) atoms. The molecule has 0 aliphatic carbocycles. The summed E-state index contributed by atoms with van der Waals surface area (Å²) in [6, 6.07) is 0. The van der Waals surface area contributed by atoms with Crippen molar-refractivity contribution in [2.24, 2.45) is 0 Å². The number of hydrogen-bond donors (Lipinski definition) is 2. The third kappa shape index (κ3) is 3.23. The number of hydrogen-bond acceptors (Lipinski definition) is 5. The number of carboxylic acids is 1. The number of carbonyl (C=O) groups is 2. The van der Waals surface area contributed by atoms with E-state index in [2.05, 4.69) is 5.32 Å². The zero-order valence-electron chi connectivity index (χ0n) is 10.9. The molecule has 0 aromatic carbocycles. The molecule has 0 spiro atoms. The quantitative estimate of drug-likeness (QED) is 0.704. The molecule has 0 bridgehead atoms. The van der Waals surface area contributed by atoms with Crippen LogP contribution in [0.25, 0.3) is 0 Å². The average molecular weight is 273 g/mol. The molecule has 7 heteroatoms. The standard InChI is InChI=1S/C12H19NO6/c1-17-12(4-5-18-7-12)6-13-10(14)8-2-3-9(19-8)11(15)16/h8-9H,2-7H2,1H3,(H,13,14)(H,15,16). The lowest BCUT2D eigenvalue weighted by Gasteiger charge is -2.26. The molecule has 3 unspecified atom stereocenters. The molecule has 2 fully saturated rings. The highest BCUT2D eigenvalue weighted by atomic mass is 16.6. The van der Waals surface area contributed by atoms with Crippen LogP contribution in [0.4, 0.5) is 0 Å². The minimum absolute atomic E-state index is 0.285. The van der Waals surface area contributed by atoms with E-state index in [1.807, 2.05) is 0 Å².